The molecule has 4 heteroatoms. The van der Waals surface area contributed by atoms with E-state index in [0.717, 1.165) is 10.0 Å². The number of rotatable bonds is 3. The molecular weight excluding hydrogens is 253 g/mol. The minimum Gasteiger partial charge on any atom is -0.388 e. The van der Waals surface area contributed by atoms with Gasteiger partial charge in [0.15, 0.2) is 0 Å². The van der Waals surface area contributed by atoms with Crippen molar-refractivity contribution in [3.8, 4) is 0 Å². The quantitative estimate of drug-likeness (QED) is 0.881. The lowest BCUT2D eigenvalue weighted by Crippen LogP contribution is -2.07. The molecule has 2 nitrogen and oxygen atoms in total. The second kappa shape index (κ2) is 4.96. The van der Waals surface area contributed by atoms with Crippen molar-refractivity contribution in [2.24, 2.45) is 5.73 Å². The monoisotopic (exact) mass is 263 g/mol. The number of halogens is 2. The van der Waals surface area contributed by atoms with Gasteiger partial charge in [0.05, 0.1) is 6.10 Å². The van der Waals surface area contributed by atoms with Crippen LogP contribution in [-0.4, -0.2) is 11.7 Å². The van der Waals surface area contributed by atoms with Crippen molar-refractivity contribution in [2.45, 2.75) is 12.5 Å². The Morgan fingerprint density at radius 1 is 1.54 bits per heavy atom. The fourth-order valence-electron chi connectivity index (χ4n) is 1.08. The summed E-state index contributed by atoms with van der Waals surface area (Å²) in [6.07, 6.45) is -0.00283. The molecule has 72 valence electrons. The molecule has 0 unspecified atom stereocenters. The number of hydrogen-bond donors (Lipinski definition) is 2. The van der Waals surface area contributed by atoms with E-state index in [-0.39, 0.29) is 0 Å². The normalized spacial score (nSPS) is 12.9. The van der Waals surface area contributed by atoms with E-state index in [0.29, 0.717) is 18.0 Å². The van der Waals surface area contributed by atoms with Crippen LogP contribution in [0.4, 0.5) is 0 Å². The second-order valence-corrected chi connectivity index (χ2v) is 4.05. The van der Waals surface area contributed by atoms with Crippen molar-refractivity contribution in [1.82, 2.24) is 0 Å². The zero-order valence-electron chi connectivity index (χ0n) is 7.00. The molecule has 0 radical (unpaired) electrons. The maximum Gasteiger partial charge on any atom is 0.0813 e. The standard InChI is InChI=1S/C9H11BrClNO/c10-8-2-1-6(11)5-7(8)9(13)3-4-12/h1-2,5,9,13H,3-4,12H2/t9-/m1/s1. The third-order valence-corrected chi connectivity index (χ3v) is 2.71. The van der Waals surface area contributed by atoms with E-state index >= 15 is 0 Å². The lowest BCUT2D eigenvalue weighted by molar-refractivity contribution is 0.169. The summed E-state index contributed by atoms with van der Waals surface area (Å²) in [4.78, 5) is 0. The molecule has 0 aromatic heterocycles. The average Bonchev–Trinajstić information content (AvgIpc) is 2.09. The Bertz CT molecular complexity index is 293. The fourth-order valence-corrected chi connectivity index (χ4v) is 1.77. The Kier molecular flexibility index (Phi) is 4.19. The lowest BCUT2D eigenvalue weighted by Gasteiger charge is -2.11. The van der Waals surface area contributed by atoms with Gasteiger partial charge in [0.1, 0.15) is 0 Å². The van der Waals surface area contributed by atoms with E-state index < -0.39 is 6.10 Å². The van der Waals surface area contributed by atoms with Crippen LogP contribution in [0.15, 0.2) is 22.7 Å². The molecule has 0 heterocycles. The summed E-state index contributed by atoms with van der Waals surface area (Å²) < 4.78 is 0.859. The van der Waals surface area contributed by atoms with E-state index in [9.17, 15) is 5.11 Å². The first-order valence-corrected chi connectivity index (χ1v) is 5.15. The molecule has 1 atom stereocenters. The van der Waals surface area contributed by atoms with Gasteiger partial charge in [0, 0.05) is 9.50 Å². The van der Waals surface area contributed by atoms with Gasteiger partial charge in [0.2, 0.25) is 0 Å². The molecule has 3 N–H and O–H groups in total. The first-order chi connectivity index (χ1) is 6.15. The van der Waals surface area contributed by atoms with Gasteiger partial charge in [-0.05, 0) is 36.7 Å². The van der Waals surface area contributed by atoms with Gasteiger partial charge in [-0.15, -0.1) is 0 Å². The third-order valence-electron chi connectivity index (χ3n) is 1.76. The van der Waals surface area contributed by atoms with Gasteiger partial charge in [-0.2, -0.15) is 0 Å². The SMILES string of the molecule is NCC[C@@H](O)c1cc(Cl)ccc1Br. The number of hydrogen-bond acceptors (Lipinski definition) is 2. The van der Waals surface area contributed by atoms with E-state index in [1.807, 2.05) is 6.07 Å². The van der Waals surface area contributed by atoms with Gasteiger partial charge >= 0.3 is 0 Å². The summed E-state index contributed by atoms with van der Waals surface area (Å²) in [6, 6.07) is 5.33. The molecule has 0 aliphatic rings. The molecule has 0 aliphatic carbocycles. The summed E-state index contributed by atoms with van der Waals surface area (Å²) in [5, 5.41) is 10.3. The lowest BCUT2D eigenvalue weighted by atomic mass is 10.1. The van der Waals surface area contributed by atoms with Crippen LogP contribution >= 0.6 is 27.5 Å². The molecule has 13 heavy (non-hydrogen) atoms. The minimum atomic E-state index is -0.543. The first kappa shape index (κ1) is 11.0. The molecule has 0 fully saturated rings. The Morgan fingerprint density at radius 2 is 2.23 bits per heavy atom. The second-order valence-electron chi connectivity index (χ2n) is 2.76. The number of aliphatic hydroxyl groups excluding tert-OH is 1. The van der Waals surface area contributed by atoms with Crippen LogP contribution < -0.4 is 5.73 Å². The molecule has 0 saturated heterocycles. The maximum absolute atomic E-state index is 9.66. The Hall–Kier alpha value is -0.0900. The van der Waals surface area contributed by atoms with Crippen molar-refractivity contribution in [3.63, 3.8) is 0 Å². The smallest absolute Gasteiger partial charge is 0.0813 e. The van der Waals surface area contributed by atoms with Crippen LogP contribution in [0.3, 0.4) is 0 Å². The summed E-state index contributed by atoms with van der Waals surface area (Å²) >= 11 is 9.14. The Labute approximate surface area is 90.8 Å². The average molecular weight is 265 g/mol. The molecule has 0 bridgehead atoms. The van der Waals surface area contributed by atoms with Gasteiger partial charge < -0.3 is 10.8 Å². The fraction of sp³-hybridized carbons (Fsp3) is 0.333. The predicted octanol–water partition coefficient (Wildman–Crippen LogP) is 2.48. The first-order valence-electron chi connectivity index (χ1n) is 3.98. The van der Waals surface area contributed by atoms with Crippen molar-refractivity contribution in [1.29, 1.82) is 0 Å². The van der Waals surface area contributed by atoms with Crippen LogP contribution in [0, 0.1) is 0 Å². The Morgan fingerprint density at radius 3 is 2.85 bits per heavy atom. The zero-order valence-corrected chi connectivity index (χ0v) is 9.35. The number of aliphatic hydroxyl groups is 1. The molecule has 0 aliphatic heterocycles. The highest BCUT2D eigenvalue weighted by Gasteiger charge is 2.10. The van der Waals surface area contributed by atoms with Crippen molar-refractivity contribution < 1.29 is 5.11 Å². The summed E-state index contributed by atoms with van der Waals surface area (Å²) in [5.74, 6) is 0. The largest absolute Gasteiger partial charge is 0.388 e. The topological polar surface area (TPSA) is 46.2 Å². The summed E-state index contributed by atoms with van der Waals surface area (Å²) in [7, 11) is 0. The summed E-state index contributed by atoms with van der Waals surface area (Å²) in [5.41, 5.74) is 6.14. The maximum atomic E-state index is 9.66. The van der Waals surface area contributed by atoms with Crippen LogP contribution in [0.2, 0.25) is 5.02 Å². The number of benzene rings is 1. The highest BCUT2D eigenvalue weighted by Crippen LogP contribution is 2.27. The molecule has 0 spiro atoms. The van der Waals surface area contributed by atoms with E-state index in [2.05, 4.69) is 15.9 Å². The van der Waals surface area contributed by atoms with Gasteiger partial charge in [-0.3, -0.25) is 0 Å². The molecule has 0 saturated carbocycles. The Balaban J connectivity index is 2.91. The van der Waals surface area contributed by atoms with Crippen molar-refractivity contribution in [2.75, 3.05) is 6.54 Å². The predicted molar refractivity (Wildman–Crippen MR) is 57.8 cm³/mol. The van der Waals surface area contributed by atoms with Gasteiger partial charge in [-0.25, -0.2) is 0 Å². The highest BCUT2D eigenvalue weighted by atomic mass is 79.9. The molecular formula is C9H11BrClNO. The number of nitrogens with two attached hydrogens (primary N) is 1. The van der Waals surface area contributed by atoms with Crippen molar-refractivity contribution >= 4 is 27.5 Å². The molecule has 1 aromatic carbocycles. The highest BCUT2D eigenvalue weighted by molar-refractivity contribution is 9.10. The van der Waals surface area contributed by atoms with E-state index in [1.54, 1.807) is 12.1 Å². The molecule has 1 aromatic rings. The third kappa shape index (κ3) is 2.95. The van der Waals surface area contributed by atoms with Crippen molar-refractivity contribution in [3.05, 3.63) is 33.3 Å². The van der Waals surface area contributed by atoms with Crippen LogP contribution in [0.5, 0.6) is 0 Å². The van der Waals surface area contributed by atoms with E-state index in [1.165, 1.54) is 0 Å². The molecule has 1 rings (SSSR count). The van der Waals surface area contributed by atoms with Gasteiger partial charge in [0.25, 0.3) is 0 Å². The molecule has 0 amide bonds. The van der Waals surface area contributed by atoms with Crippen LogP contribution in [0.1, 0.15) is 18.1 Å². The van der Waals surface area contributed by atoms with Crippen LogP contribution in [-0.2, 0) is 0 Å². The van der Waals surface area contributed by atoms with E-state index in [4.69, 9.17) is 17.3 Å². The van der Waals surface area contributed by atoms with Crippen LogP contribution in [0.25, 0.3) is 0 Å². The minimum absolute atomic E-state index is 0.458. The summed E-state index contributed by atoms with van der Waals surface area (Å²) in [6.45, 7) is 0.458. The zero-order chi connectivity index (χ0) is 9.84. The van der Waals surface area contributed by atoms with Gasteiger partial charge in [-0.1, -0.05) is 27.5 Å².